The van der Waals surface area contributed by atoms with Gasteiger partial charge in [0.2, 0.25) is 5.91 Å². The van der Waals surface area contributed by atoms with Gasteiger partial charge in [-0.1, -0.05) is 24.3 Å². The molecule has 2 rings (SSSR count). The van der Waals surface area contributed by atoms with E-state index in [4.69, 9.17) is 0 Å². The molecule has 1 heterocycles. The molecule has 0 aliphatic carbocycles. The van der Waals surface area contributed by atoms with E-state index in [1.807, 2.05) is 12.1 Å². The fourth-order valence-corrected chi connectivity index (χ4v) is 2.83. The Labute approximate surface area is 128 Å². The maximum absolute atomic E-state index is 12.0. The fourth-order valence-electron chi connectivity index (χ4n) is 2.83. The highest BCUT2D eigenvalue weighted by Gasteiger charge is 2.29. The number of amides is 1. The molecule has 22 heavy (non-hydrogen) atoms. The molecular weight excluding hydrogens is 295 g/mol. The van der Waals surface area contributed by atoms with Gasteiger partial charge in [0.1, 0.15) is 13.2 Å². The zero-order chi connectivity index (χ0) is 16.2. The van der Waals surface area contributed by atoms with Crippen LogP contribution in [0.25, 0.3) is 0 Å². The van der Waals surface area contributed by atoms with Crippen LogP contribution in [0.2, 0.25) is 0 Å². The average molecular weight is 315 g/mol. The highest BCUT2D eigenvalue weighted by molar-refractivity contribution is 5.77. The summed E-state index contributed by atoms with van der Waals surface area (Å²) in [6.45, 7) is 1.31. The molecule has 0 atom stereocenters. The largest absolute Gasteiger partial charge is 0.411 e. The summed E-state index contributed by atoms with van der Waals surface area (Å²) < 4.78 is 40.4. The first-order valence-corrected chi connectivity index (χ1v) is 7.34. The van der Waals surface area contributed by atoms with Gasteiger partial charge in [-0.15, -0.1) is 0 Å². The molecule has 0 radical (unpaired) electrons. The molecule has 1 amide bonds. The standard InChI is InChI=1S/C16H20F3NO2/c1-12-4-2-3-5-14(12)13-6-8-20(9-7-13)15(21)10-22-11-16(17,18)19/h2-5,13H,6-11H2,1H3. The van der Waals surface area contributed by atoms with Crippen molar-refractivity contribution in [1.29, 1.82) is 0 Å². The van der Waals surface area contributed by atoms with Crippen LogP contribution in [0.5, 0.6) is 0 Å². The predicted molar refractivity (Wildman–Crippen MR) is 76.6 cm³/mol. The van der Waals surface area contributed by atoms with Crippen LogP contribution in [-0.4, -0.2) is 43.3 Å². The summed E-state index contributed by atoms with van der Waals surface area (Å²) in [7, 11) is 0. The Kier molecular flexibility index (Phi) is 5.45. The third-order valence-corrected chi connectivity index (χ3v) is 3.97. The summed E-state index contributed by atoms with van der Waals surface area (Å²) in [6.07, 6.45) is -2.73. The number of aryl methyl sites for hydroxylation is 1. The molecule has 0 saturated carbocycles. The van der Waals surface area contributed by atoms with Crippen molar-refractivity contribution in [2.45, 2.75) is 31.9 Å². The zero-order valence-electron chi connectivity index (χ0n) is 12.5. The van der Waals surface area contributed by atoms with Crippen molar-refractivity contribution in [3.63, 3.8) is 0 Å². The van der Waals surface area contributed by atoms with Crippen molar-refractivity contribution >= 4 is 5.91 Å². The Morgan fingerprint density at radius 2 is 1.91 bits per heavy atom. The molecular formula is C16H20F3NO2. The van der Waals surface area contributed by atoms with Crippen LogP contribution in [0.1, 0.15) is 29.9 Å². The maximum Gasteiger partial charge on any atom is 0.411 e. The van der Waals surface area contributed by atoms with Crippen molar-refractivity contribution < 1.29 is 22.7 Å². The normalized spacial score (nSPS) is 16.8. The lowest BCUT2D eigenvalue weighted by molar-refractivity contribution is -0.178. The van der Waals surface area contributed by atoms with Crippen molar-refractivity contribution in [3.8, 4) is 0 Å². The monoisotopic (exact) mass is 315 g/mol. The second-order valence-electron chi connectivity index (χ2n) is 5.62. The van der Waals surface area contributed by atoms with Gasteiger partial charge in [0.05, 0.1) is 0 Å². The summed E-state index contributed by atoms with van der Waals surface area (Å²) in [6, 6.07) is 8.17. The third kappa shape index (κ3) is 4.73. The Bertz CT molecular complexity index is 508. The van der Waals surface area contributed by atoms with Gasteiger partial charge in [0.25, 0.3) is 0 Å². The molecule has 122 valence electrons. The van der Waals surface area contributed by atoms with E-state index < -0.39 is 19.4 Å². The minimum atomic E-state index is -4.39. The van der Waals surface area contributed by atoms with E-state index in [0.717, 1.165) is 12.8 Å². The second-order valence-corrected chi connectivity index (χ2v) is 5.62. The summed E-state index contributed by atoms with van der Waals surface area (Å²) in [4.78, 5) is 13.4. The first-order valence-electron chi connectivity index (χ1n) is 7.34. The zero-order valence-corrected chi connectivity index (χ0v) is 12.5. The molecule has 1 aromatic carbocycles. The van der Waals surface area contributed by atoms with Gasteiger partial charge in [-0.05, 0) is 36.8 Å². The molecule has 1 fully saturated rings. The Morgan fingerprint density at radius 1 is 1.27 bits per heavy atom. The number of nitrogens with zero attached hydrogens (tertiary/aromatic N) is 1. The number of ether oxygens (including phenoxy) is 1. The summed E-state index contributed by atoms with van der Waals surface area (Å²) in [5.74, 6) is 0.0360. The van der Waals surface area contributed by atoms with Crippen molar-refractivity contribution in [3.05, 3.63) is 35.4 Å². The lowest BCUT2D eigenvalue weighted by Gasteiger charge is -2.32. The van der Waals surface area contributed by atoms with E-state index in [0.29, 0.717) is 19.0 Å². The quantitative estimate of drug-likeness (QED) is 0.853. The smallest absolute Gasteiger partial charge is 0.362 e. The van der Waals surface area contributed by atoms with Crippen LogP contribution in [-0.2, 0) is 9.53 Å². The van der Waals surface area contributed by atoms with Gasteiger partial charge in [-0.25, -0.2) is 0 Å². The molecule has 1 aliphatic heterocycles. The predicted octanol–water partition coefficient (Wildman–Crippen LogP) is 3.28. The Hall–Kier alpha value is -1.56. The first kappa shape index (κ1) is 16.8. The van der Waals surface area contributed by atoms with Gasteiger partial charge >= 0.3 is 6.18 Å². The molecule has 0 spiro atoms. The molecule has 1 saturated heterocycles. The van der Waals surface area contributed by atoms with E-state index in [9.17, 15) is 18.0 Å². The van der Waals surface area contributed by atoms with Gasteiger partial charge in [0, 0.05) is 13.1 Å². The second kappa shape index (κ2) is 7.13. The highest BCUT2D eigenvalue weighted by atomic mass is 19.4. The molecule has 3 nitrogen and oxygen atoms in total. The minimum absolute atomic E-state index is 0.368. The fraction of sp³-hybridized carbons (Fsp3) is 0.562. The van der Waals surface area contributed by atoms with E-state index in [1.165, 1.54) is 11.1 Å². The molecule has 0 unspecified atom stereocenters. The Morgan fingerprint density at radius 3 is 2.50 bits per heavy atom. The summed E-state index contributed by atoms with van der Waals surface area (Å²) in [5, 5.41) is 0. The van der Waals surface area contributed by atoms with Crippen molar-refractivity contribution in [2.24, 2.45) is 0 Å². The number of carbonyl (C=O) groups is 1. The van der Waals surface area contributed by atoms with Crippen LogP contribution in [0.3, 0.4) is 0 Å². The number of hydrogen-bond acceptors (Lipinski definition) is 2. The maximum atomic E-state index is 12.0. The molecule has 1 aromatic rings. The van der Waals surface area contributed by atoms with Gasteiger partial charge < -0.3 is 9.64 Å². The van der Waals surface area contributed by atoms with Crippen LogP contribution >= 0.6 is 0 Å². The lowest BCUT2D eigenvalue weighted by atomic mass is 9.87. The van der Waals surface area contributed by atoms with Crippen LogP contribution < -0.4 is 0 Å². The summed E-state index contributed by atoms with van der Waals surface area (Å²) in [5.41, 5.74) is 2.53. The number of hydrogen-bond donors (Lipinski definition) is 0. The first-order chi connectivity index (χ1) is 10.4. The van der Waals surface area contributed by atoms with Crippen LogP contribution in [0, 0.1) is 6.92 Å². The van der Waals surface area contributed by atoms with Gasteiger partial charge in [-0.2, -0.15) is 13.2 Å². The molecule has 0 bridgehead atoms. The number of carbonyl (C=O) groups excluding carboxylic acids is 1. The molecule has 1 aliphatic rings. The highest BCUT2D eigenvalue weighted by Crippen LogP contribution is 2.30. The number of benzene rings is 1. The molecule has 0 aromatic heterocycles. The lowest BCUT2D eigenvalue weighted by Crippen LogP contribution is -2.40. The van der Waals surface area contributed by atoms with E-state index in [2.05, 4.69) is 23.8 Å². The average Bonchev–Trinajstić information content (AvgIpc) is 2.46. The number of piperidine rings is 1. The number of alkyl halides is 3. The SMILES string of the molecule is Cc1ccccc1C1CCN(C(=O)COCC(F)(F)F)CC1. The summed E-state index contributed by atoms with van der Waals surface area (Å²) >= 11 is 0. The van der Waals surface area contributed by atoms with E-state index >= 15 is 0 Å². The van der Waals surface area contributed by atoms with E-state index in [1.54, 1.807) is 4.90 Å². The van der Waals surface area contributed by atoms with Crippen LogP contribution in [0.15, 0.2) is 24.3 Å². The number of rotatable bonds is 4. The molecule has 0 N–H and O–H groups in total. The van der Waals surface area contributed by atoms with Crippen molar-refractivity contribution in [2.75, 3.05) is 26.3 Å². The number of halogens is 3. The third-order valence-electron chi connectivity index (χ3n) is 3.97. The minimum Gasteiger partial charge on any atom is -0.362 e. The van der Waals surface area contributed by atoms with Gasteiger partial charge in [0.15, 0.2) is 0 Å². The van der Waals surface area contributed by atoms with Gasteiger partial charge in [-0.3, -0.25) is 4.79 Å². The molecule has 6 heteroatoms. The van der Waals surface area contributed by atoms with E-state index in [-0.39, 0.29) is 5.91 Å². The van der Waals surface area contributed by atoms with Crippen molar-refractivity contribution in [1.82, 2.24) is 4.90 Å². The Balaban J connectivity index is 1.79. The topological polar surface area (TPSA) is 29.5 Å². The number of likely N-dealkylation sites (tertiary alicyclic amines) is 1. The van der Waals surface area contributed by atoms with Crippen LogP contribution in [0.4, 0.5) is 13.2 Å².